The predicted octanol–water partition coefficient (Wildman–Crippen LogP) is 1.33. The first kappa shape index (κ1) is 12.5. The van der Waals surface area contributed by atoms with E-state index >= 15 is 0 Å². The summed E-state index contributed by atoms with van der Waals surface area (Å²) < 4.78 is 0. The van der Waals surface area contributed by atoms with Crippen molar-refractivity contribution in [3.8, 4) is 0 Å². The van der Waals surface area contributed by atoms with Gasteiger partial charge in [-0.2, -0.15) is 0 Å². The van der Waals surface area contributed by atoms with Gasteiger partial charge in [-0.05, 0) is 31.9 Å². The number of hydrogen-bond acceptors (Lipinski definition) is 3. The van der Waals surface area contributed by atoms with Crippen LogP contribution in [0.2, 0.25) is 0 Å². The van der Waals surface area contributed by atoms with Gasteiger partial charge in [0.25, 0.3) is 5.91 Å². The molecule has 1 atom stereocenters. The summed E-state index contributed by atoms with van der Waals surface area (Å²) in [5.74, 6) is -1.37. The van der Waals surface area contributed by atoms with Gasteiger partial charge in [0.05, 0.1) is 5.92 Å². The number of carbonyl (C=O) groups excluding carboxylic acids is 1. The van der Waals surface area contributed by atoms with E-state index in [0.29, 0.717) is 25.1 Å². The molecule has 0 bridgehead atoms. The summed E-state index contributed by atoms with van der Waals surface area (Å²) in [4.78, 5) is 28.9. The lowest BCUT2D eigenvalue weighted by atomic mass is 9.97. The summed E-state index contributed by atoms with van der Waals surface area (Å²) in [6.07, 6.45) is 2.99. The Morgan fingerprint density at radius 3 is 2.94 bits per heavy atom. The Hall–Kier alpha value is -1.91. The smallest absolute Gasteiger partial charge is 0.308 e. The van der Waals surface area contributed by atoms with Crippen molar-refractivity contribution >= 4 is 11.9 Å². The number of pyridine rings is 1. The predicted molar refractivity (Wildman–Crippen MR) is 65.2 cm³/mol. The van der Waals surface area contributed by atoms with E-state index in [1.165, 1.54) is 0 Å². The van der Waals surface area contributed by atoms with Gasteiger partial charge < -0.3 is 10.0 Å². The molecule has 18 heavy (non-hydrogen) atoms. The maximum absolute atomic E-state index is 12.2. The SMILES string of the molecule is Cc1cc(C(=O)N2CCCC(C(=O)O)C2)ccn1. The van der Waals surface area contributed by atoms with Crippen molar-refractivity contribution in [2.45, 2.75) is 19.8 Å². The number of aliphatic carboxylic acids is 1. The molecule has 0 aromatic carbocycles. The molecule has 5 nitrogen and oxygen atoms in total. The molecular weight excluding hydrogens is 232 g/mol. The van der Waals surface area contributed by atoms with Crippen molar-refractivity contribution in [2.75, 3.05) is 13.1 Å². The number of likely N-dealkylation sites (tertiary alicyclic amines) is 1. The third-order valence-electron chi connectivity index (χ3n) is 3.20. The molecule has 5 heteroatoms. The number of carbonyl (C=O) groups is 2. The highest BCUT2D eigenvalue weighted by Crippen LogP contribution is 2.18. The fraction of sp³-hybridized carbons (Fsp3) is 0.462. The van der Waals surface area contributed by atoms with Crippen LogP contribution in [0.15, 0.2) is 18.3 Å². The minimum atomic E-state index is -0.821. The zero-order valence-electron chi connectivity index (χ0n) is 10.3. The Labute approximate surface area is 105 Å². The number of piperidine rings is 1. The Morgan fingerprint density at radius 1 is 1.50 bits per heavy atom. The Morgan fingerprint density at radius 2 is 2.28 bits per heavy atom. The van der Waals surface area contributed by atoms with E-state index in [0.717, 1.165) is 12.1 Å². The van der Waals surface area contributed by atoms with Gasteiger partial charge in [0.15, 0.2) is 0 Å². The van der Waals surface area contributed by atoms with Crippen LogP contribution in [-0.4, -0.2) is 40.0 Å². The first-order chi connectivity index (χ1) is 8.58. The number of aryl methyl sites for hydroxylation is 1. The van der Waals surface area contributed by atoms with Gasteiger partial charge in [0, 0.05) is 30.5 Å². The molecule has 2 heterocycles. The molecule has 0 aliphatic carbocycles. The number of aromatic nitrogens is 1. The van der Waals surface area contributed by atoms with Crippen LogP contribution >= 0.6 is 0 Å². The van der Waals surface area contributed by atoms with E-state index in [9.17, 15) is 9.59 Å². The third kappa shape index (κ3) is 2.67. The van der Waals surface area contributed by atoms with Gasteiger partial charge in [-0.15, -0.1) is 0 Å². The molecular formula is C13H16N2O3. The maximum atomic E-state index is 12.2. The van der Waals surface area contributed by atoms with E-state index in [1.807, 2.05) is 6.92 Å². The molecule has 0 saturated carbocycles. The van der Waals surface area contributed by atoms with Gasteiger partial charge >= 0.3 is 5.97 Å². The lowest BCUT2D eigenvalue weighted by Gasteiger charge is -2.30. The number of amides is 1. The minimum Gasteiger partial charge on any atom is -0.481 e. The fourth-order valence-corrected chi connectivity index (χ4v) is 2.22. The largest absolute Gasteiger partial charge is 0.481 e. The fourth-order valence-electron chi connectivity index (χ4n) is 2.22. The molecule has 1 N–H and O–H groups in total. The molecule has 1 fully saturated rings. The van der Waals surface area contributed by atoms with Crippen molar-refractivity contribution in [1.82, 2.24) is 9.88 Å². The molecule has 1 aromatic rings. The van der Waals surface area contributed by atoms with Gasteiger partial charge in [0.2, 0.25) is 0 Å². The summed E-state index contributed by atoms with van der Waals surface area (Å²) in [6.45, 7) is 2.76. The number of nitrogens with zero attached hydrogens (tertiary/aromatic N) is 2. The van der Waals surface area contributed by atoms with E-state index in [4.69, 9.17) is 5.11 Å². The third-order valence-corrected chi connectivity index (χ3v) is 3.20. The summed E-state index contributed by atoms with van der Waals surface area (Å²) in [5, 5.41) is 9.00. The monoisotopic (exact) mass is 248 g/mol. The first-order valence-corrected chi connectivity index (χ1v) is 6.02. The molecule has 0 spiro atoms. The highest BCUT2D eigenvalue weighted by molar-refractivity contribution is 5.94. The summed E-state index contributed by atoms with van der Waals surface area (Å²) in [7, 11) is 0. The van der Waals surface area contributed by atoms with Crippen LogP contribution in [0.1, 0.15) is 28.9 Å². The average molecular weight is 248 g/mol. The molecule has 1 saturated heterocycles. The van der Waals surface area contributed by atoms with E-state index in [2.05, 4.69) is 4.98 Å². The van der Waals surface area contributed by atoms with Crippen LogP contribution in [-0.2, 0) is 4.79 Å². The Bertz CT molecular complexity index is 473. The molecule has 1 aliphatic heterocycles. The van der Waals surface area contributed by atoms with Gasteiger partial charge in [-0.25, -0.2) is 0 Å². The Balaban J connectivity index is 2.11. The zero-order chi connectivity index (χ0) is 13.1. The van der Waals surface area contributed by atoms with E-state index in [-0.39, 0.29) is 5.91 Å². The molecule has 2 rings (SSSR count). The second kappa shape index (κ2) is 5.16. The summed E-state index contributed by atoms with van der Waals surface area (Å²) >= 11 is 0. The highest BCUT2D eigenvalue weighted by atomic mass is 16.4. The molecule has 1 amide bonds. The highest BCUT2D eigenvalue weighted by Gasteiger charge is 2.28. The van der Waals surface area contributed by atoms with Gasteiger partial charge in [-0.1, -0.05) is 0 Å². The van der Waals surface area contributed by atoms with E-state index < -0.39 is 11.9 Å². The van der Waals surface area contributed by atoms with Crippen LogP contribution in [0.3, 0.4) is 0 Å². The number of carboxylic acid groups (broad SMARTS) is 1. The maximum Gasteiger partial charge on any atom is 0.308 e. The number of rotatable bonds is 2. The van der Waals surface area contributed by atoms with Crippen LogP contribution in [0.5, 0.6) is 0 Å². The van der Waals surface area contributed by atoms with Crippen LogP contribution in [0, 0.1) is 12.8 Å². The molecule has 1 aliphatic rings. The summed E-state index contributed by atoms with van der Waals surface area (Å²) in [5.41, 5.74) is 1.36. The number of hydrogen-bond donors (Lipinski definition) is 1. The second-order valence-corrected chi connectivity index (χ2v) is 4.61. The number of carboxylic acids is 1. The van der Waals surface area contributed by atoms with Crippen LogP contribution < -0.4 is 0 Å². The van der Waals surface area contributed by atoms with Crippen molar-refractivity contribution in [1.29, 1.82) is 0 Å². The first-order valence-electron chi connectivity index (χ1n) is 6.02. The molecule has 1 aromatic heterocycles. The Kier molecular flexibility index (Phi) is 3.60. The van der Waals surface area contributed by atoms with Crippen molar-refractivity contribution in [3.63, 3.8) is 0 Å². The van der Waals surface area contributed by atoms with Gasteiger partial charge in [0.1, 0.15) is 0 Å². The lowest BCUT2D eigenvalue weighted by Crippen LogP contribution is -2.42. The van der Waals surface area contributed by atoms with Crippen LogP contribution in [0.4, 0.5) is 0 Å². The summed E-state index contributed by atoms with van der Waals surface area (Å²) in [6, 6.07) is 3.40. The molecule has 96 valence electrons. The normalized spacial score (nSPS) is 19.6. The molecule has 1 unspecified atom stereocenters. The minimum absolute atomic E-state index is 0.105. The second-order valence-electron chi connectivity index (χ2n) is 4.61. The average Bonchev–Trinajstić information content (AvgIpc) is 2.38. The van der Waals surface area contributed by atoms with Crippen molar-refractivity contribution in [3.05, 3.63) is 29.6 Å². The van der Waals surface area contributed by atoms with Crippen molar-refractivity contribution < 1.29 is 14.7 Å². The topological polar surface area (TPSA) is 70.5 Å². The molecule has 0 radical (unpaired) electrons. The van der Waals surface area contributed by atoms with Crippen molar-refractivity contribution in [2.24, 2.45) is 5.92 Å². The van der Waals surface area contributed by atoms with Crippen LogP contribution in [0.25, 0.3) is 0 Å². The quantitative estimate of drug-likeness (QED) is 0.857. The van der Waals surface area contributed by atoms with Gasteiger partial charge in [-0.3, -0.25) is 14.6 Å². The standard InChI is InChI=1S/C13H16N2O3/c1-9-7-10(4-5-14-9)12(16)15-6-2-3-11(8-15)13(17)18/h4-5,7,11H,2-3,6,8H2,1H3,(H,17,18). The zero-order valence-corrected chi connectivity index (χ0v) is 10.3. The van der Waals surface area contributed by atoms with E-state index in [1.54, 1.807) is 23.2 Å². The lowest BCUT2D eigenvalue weighted by molar-refractivity contribution is -0.143.